The molecular weight excluding hydrogens is 214 g/mol. The van der Waals surface area contributed by atoms with Crippen molar-refractivity contribution < 1.29 is 9.47 Å². The highest BCUT2D eigenvalue weighted by Crippen LogP contribution is 2.27. The molecule has 3 nitrogen and oxygen atoms in total. The summed E-state index contributed by atoms with van der Waals surface area (Å²) in [5, 5.41) is 3.33. The molecule has 0 fully saturated rings. The zero-order valence-electron chi connectivity index (χ0n) is 10.9. The van der Waals surface area contributed by atoms with E-state index in [1.165, 1.54) is 5.56 Å². The van der Waals surface area contributed by atoms with E-state index in [9.17, 15) is 0 Å². The Kier molecular flexibility index (Phi) is 5.57. The van der Waals surface area contributed by atoms with Crippen LogP contribution in [0.4, 0.5) is 0 Å². The lowest BCUT2D eigenvalue weighted by Crippen LogP contribution is -2.18. The third kappa shape index (κ3) is 4.49. The van der Waals surface area contributed by atoms with E-state index in [1.807, 2.05) is 19.1 Å². The molecule has 0 aromatic heterocycles. The summed E-state index contributed by atoms with van der Waals surface area (Å²) in [5.74, 6) is 1.55. The second-order valence-electron chi connectivity index (χ2n) is 4.07. The zero-order valence-corrected chi connectivity index (χ0v) is 10.9. The molecule has 0 unspecified atom stereocenters. The van der Waals surface area contributed by atoms with Crippen LogP contribution in [0.2, 0.25) is 0 Å². The van der Waals surface area contributed by atoms with Gasteiger partial charge in [-0.2, -0.15) is 0 Å². The monoisotopic (exact) mass is 235 g/mol. The van der Waals surface area contributed by atoms with Crippen LogP contribution < -0.4 is 14.8 Å². The molecule has 0 spiro atoms. The molecule has 1 rings (SSSR count). The van der Waals surface area contributed by atoms with Crippen molar-refractivity contribution >= 4 is 0 Å². The molecule has 0 heterocycles. The first-order valence-corrected chi connectivity index (χ1v) is 5.73. The van der Waals surface area contributed by atoms with Gasteiger partial charge in [0.05, 0.1) is 14.2 Å². The molecule has 0 radical (unpaired) electrons. The second kappa shape index (κ2) is 6.97. The van der Waals surface area contributed by atoms with Gasteiger partial charge in [-0.05, 0) is 37.6 Å². The lowest BCUT2D eigenvalue weighted by atomic mass is 10.1. The first kappa shape index (κ1) is 13.6. The minimum Gasteiger partial charge on any atom is -0.493 e. The predicted octanol–water partition coefficient (Wildman–Crippen LogP) is 2.41. The molecule has 17 heavy (non-hydrogen) atoms. The van der Waals surface area contributed by atoms with E-state index < -0.39 is 0 Å². The first-order valence-electron chi connectivity index (χ1n) is 5.73. The Bertz CT molecular complexity index is 374. The minimum atomic E-state index is 0.770. The van der Waals surface area contributed by atoms with Crippen LogP contribution in [0.3, 0.4) is 0 Å². The Labute approximate surface area is 103 Å². The van der Waals surface area contributed by atoms with Gasteiger partial charge in [0.15, 0.2) is 11.5 Å². The topological polar surface area (TPSA) is 30.5 Å². The smallest absolute Gasteiger partial charge is 0.160 e. The fraction of sp³-hybridized carbons (Fsp3) is 0.429. The molecule has 1 aromatic carbocycles. The van der Waals surface area contributed by atoms with Gasteiger partial charge in [-0.3, -0.25) is 0 Å². The van der Waals surface area contributed by atoms with Gasteiger partial charge in [-0.1, -0.05) is 18.2 Å². The van der Waals surface area contributed by atoms with E-state index in [2.05, 4.69) is 18.0 Å². The summed E-state index contributed by atoms with van der Waals surface area (Å²) in [6.45, 7) is 7.67. The van der Waals surface area contributed by atoms with Crippen molar-refractivity contribution in [3.05, 3.63) is 35.9 Å². The number of hydrogen-bond acceptors (Lipinski definition) is 3. The van der Waals surface area contributed by atoms with Gasteiger partial charge >= 0.3 is 0 Å². The number of rotatable bonds is 7. The second-order valence-corrected chi connectivity index (χ2v) is 4.07. The van der Waals surface area contributed by atoms with Gasteiger partial charge in [0.1, 0.15) is 0 Å². The van der Waals surface area contributed by atoms with Gasteiger partial charge in [0.2, 0.25) is 0 Å². The van der Waals surface area contributed by atoms with Crippen LogP contribution in [0.5, 0.6) is 11.5 Å². The van der Waals surface area contributed by atoms with Crippen LogP contribution >= 0.6 is 0 Å². The summed E-state index contributed by atoms with van der Waals surface area (Å²) >= 11 is 0. The fourth-order valence-corrected chi connectivity index (χ4v) is 1.57. The van der Waals surface area contributed by atoms with Crippen molar-refractivity contribution in [1.82, 2.24) is 5.32 Å². The average molecular weight is 235 g/mol. The van der Waals surface area contributed by atoms with Crippen LogP contribution in [0.1, 0.15) is 12.5 Å². The van der Waals surface area contributed by atoms with Gasteiger partial charge in [0, 0.05) is 6.54 Å². The maximum Gasteiger partial charge on any atom is 0.160 e. The van der Waals surface area contributed by atoms with Gasteiger partial charge in [-0.15, -0.1) is 0 Å². The molecule has 0 saturated heterocycles. The lowest BCUT2D eigenvalue weighted by Gasteiger charge is -2.10. The Morgan fingerprint density at radius 2 is 1.94 bits per heavy atom. The maximum absolute atomic E-state index is 5.26. The SMILES string of the molecule is C=C(C)CNCCc1ccc(OC)c(OC)c1. The number of nitrogens with one attached hydrogen (secondary N) is 1. The van der Waals surface area contributed by atoms with Crippen molar-refractivity contribution in [2.24, 2.45) is 0 Å². The number of benzene rings is 1. The van der Waals surface area contributed by atoms with Crippen LogP contribution in [0.15, 0.2) is 30.4 Å². The van der Waals surface area contributed by atoms with Crippen molar-refractivity contribution in [1.29, 1.82) is 0 Å². The molecule has 1 aromatic rings. The van der Waals surface area contributed by atoms with E-state index in [1.54, 1.807) is 14.2 Å². The van der Waals surface area contributed by atoms with E-state index >= 15 is 0 Å². The Morgan fingerprint density at radius 3 is 2.53 bits per heavy atom. The predicted molar refractivity (Wildman–Crippen MR) is 70.9 cm³/mol. The number of hydrogen-bond donors (Lipinski definition) is 1. The van der Waals surface area contributed by atoms with E-state index in [4.69, 9.17) is 9.47 Å². The minimum absolute atomic E-state index is 0.770. The molecule has 0 saturated carbocycles. The lowest BCUT2D eigenvalue weighted by molar-refractivity contribution is 0.354. The first-order chi connectivity index (χ1) is 8.17. The summed E-state index contributed by atoms with van der Waals surface area (Å²) in [4.78, 5) is 0. The van der Waals surface area contributed by atoms with Crippen molar-refractivity contribution in [3.8, 4) is 11.5 Å². The summed E-state index contributed by atoms with van der Waals surface area (Å²) in [7, 11) is 3.30. The van der Waals surface area contributed by atoms with Crippen LogP contribution in [0, 0.1) is 0 Å². The number of methoxy groups -OCH3 is 2. The van der Waals surface area contributed by atoms with Crippen LogP contribution in [-0.4, -0.2) is 27.3 Å². The Balaban J connectivity index is 2.51. The molecule has 94 valence electrons. The summed E-state index contributed by atoms with van der Waals surface area (Å²) in [6, 6.07) is 6.01. The van der Waals surface area contributed by atoms with Gasteiger partial charge in [-0.25, -0.2) is 0 Å². The highest BCUT2D eigenvalue weighted by atomic mass is 16.5. The third-order valence-electron chi connectivity index (χ3n) is 2.47. The summed E-state index contributed by atoms with van der Waals surface area (Å²) in [5.41, 5.74) is 2.38. The van der Waals surface area contributed by atoms with Gasteiger partial charge in [0.25, 0.3) is 0 Å². The molecule has 0 aliphatic carbocycles. The number of ether oxygens (including phenoxy) is 2. The van der Waals surface area contributed by atoms with E-state index in [0.717, 1.165) is 36.6 Å². The van der Waals surface area contributed by atoms with Crippen molar-refractivity contribution in [2.45, 2.75) is 13.3 Å². The van der Waals surface area contributed by atoms with E-state index in [-0.39, 0.29) is 0 Å². The molecule has 1 N–H and O–H groups in total. The molecule has 0 amide bonds. The molecule has 0 bridgehead atoms. The molecular formula is C14H21NO2. The standard InChI is InChI=1S/C14H21NO2/c1-11(2)10-15-8-7-12-5-6-13(16-3)14(9-12)17-4/h5-6,9,15H,1,7-8,10H2,2-4H3. The van der Waals surface area contributed by atoms with Crippen LogP contribution in [0.25, 0.3) is 0 Å². The molecule has 3 heteroatoms. The fourth-order valence-electron chi connectivity index (χ4n) is 1.57. The maximum atomic E-state index is 5.26. The summed E-state index contributed by atoms with van der Waals surface area (Å²) < 4.78 is 10.5. The highest BCUT2D eigenvalue weighted by Gasteiger charge is 2.03. The Hall–Kier alpha value is -1.48. The Morgan fingerprint density at radius 1 is 1.24 bits per heavy atom. The summed E-state index contributed by atoms with van der Waals surface area (Å²) in [6.07, 6.45) is 0.966. The third-order valence-corrected chi connectivity index (χ3v) is 2.47. The van der Waals surface area contributed by atoms with Gasteiger partial charge < -0.3 is 14.8 Å². The molecule has 0 aliphatic rings. The highest BCUT2D eigenvalue weighted by molar-refractivity contribution is 5.42. The molecule has 0 aliphatic heterocycles. The van der Waals surface area contributed by atoms with Crippen molar-refractivity contribution in [2.75, 3.05) is 27.3 Å². The average Bonchev–Trinajstić information content (AvgIpc) is 2.34. The molecule has 0 atom stereocenters. The quantitative estimate of drug-likeness (QED) is 0.581. The largest absolute Gasteiger partial charge is 0.493 e. The normalized spacial score (nSPS) is 10.1. The van der Waals surface area contributed by atoms with Crippen molar-refractivity contribution in [3.63, 3.8) is 0 Å². The zero-order chi connectivity index (χ0) is 12.7. The van der Waals surface area contributed by atoms with E-state index in [0.29, 0.717) is 0 Å². The van der Waals surface area contributed by atoms with Crippen LogP contribution in [-0.2, 0) is 6.42 Å².